The molecular formula is C15H16FNO4S. The maximum absolute atomic E-state index is 13.3. The zero-order valence-corrected chi connectivity index (χ0v) is 13.1. The number of furan rings is 1. The second-order valence-corrected chi connectivity index (χ2v) is 7.90. The Morgan fingerprint density at radius 1 is 1.41 bits per heavy atom. The Bertz CT molecular complexity index is 856. The third-order valence-electron chi connectivity index (χ3n) is 4.17. The summed E-state index contributed by atoms with van der Waals surface area (Å²) >= 11 is 0. The Morgan fingerprint density at radius 3 is 2.77 bits per heavy atom. The first-order chi connectivity index (χ1) is 10.3. The van der Waals surface area contributed by atoms with E-state index in [1.807, 2.05) is 0 Å². The van der Waals surface area contributed by atoms with E-state index in [9.17, 15) is 17.6 Å². The quantitative estimate of drug-likeness (QED) is 0.848. The van der Waals surface area contributed by atoms with Gasteiger partial charge in [0.2, 0.25) is 0 Å². The SMILES string of the molecule is Cc1c(C(=O)N(C)[C@H]2CCS(=O)(=O)C2)oc2ccc(F)cc12. The minimum Gasteiger partial charge on any atom is -0.451 e. The average molecular weight is 325 g/mol. The first kappa shape index (κ1) is 15.0. The first-order valence-corrected chi connectivity index (χ1v) is 8.77. The minimum atomic E-state index is -3.07. The van der Waals surface area contributed by atoms with Gasteiger partial charge in [-0.1, -0.05) is 0 Å². The summed E-state index contributed by atoms with van der Waals surface area (Å²) in [4.78, 5) is 14.0. The van der Waals surface area contributed by atoms with Gasteiger partial charge in [0, 0.05) is 24.0 Å². The lowest BCUT2D eigenvalue weighted by Crippen LogP contribution is -2.37. The number of rotatable bonds is 2. The number of benzene rings is 1. The first-order valence-electron chi connectivity index (χ1n) is 6.95. The van der Waals surface area contributed by atoms with Crippen LogP contribution in [-0.4, -0.2) is 43.8 Å². The lowest BCUT2D eigenvalue weighted by atomic mass is 10.1. The number of aryl methyl sites for hydroxylation is 1. The van der Waals surface area contributed by atoms with Crippen molar-refractivity contribution in [2.75, 3.05) is 18.6 Å². The third kappa shape index (κ3) is 2.49. The molecular weight excluding hydrogens is 309 g/mol. The molecule has 1 aromatic carbocycles. The Labute approximate surface area is 127 Å². The van der Waals surface area contributed by atoms with Crippen molar-refractivity contribution >= 4 is 26.7 Å². The molecule has 0 N–H and O–H groups in total. The van der Waals surface area contributed by atoms with Crippen molar-refractivity contribution in [3.63, 3.8) is 0 Å². The summed E-state index contributed by atoms with van der Waals surface area (Å²) in [5, 5.41) is 0.552. The van der Waals surface area contributed by atoms with Gasteiger partial charge in [0.15, 0.2) is 15.6 Å². The molecule has 2 aromatic rings. The van der Waals surface area contributed by atoms with E-state index in [0.29, 0.717) is 23.0 Å². The molecule has 1 amide bonds. The molecule has 0 aliphatic carbocycles. The van der Waals surface area contributed by atoms with E-state index < -0.39 is 15.7 Å². The lowest BCUT2D eigenvalue weighted by Gasteiger charge is -2.22. The Morgan fingerprint density at radius 2 is 2.14 bits per heavy atom. The number of hydrogen-bond acceptors (Lipinski definition) is 4. The molecule has 1 aliphatic heterocycles. The monoisotopic (exact) mass is 325 g/mol. The molecule has 1 aromatic heterocycles. The molecule has 1 saturated heterocycles. The van der Waals surface area contributed by atoms with Crippen LogP contribution < -0.4 is 0 Å². The number of carbonyl (C=O) groups excluding carboxylic acids is 1. The van der Waals surface area contributed by atoms with Gasteiger partial charge in [0.25, 0.3) is 5.91 Å². The molecule has 0 saturated carbocycles. The molecule has 2 heterocycles. The van der Waals surface area contributed by atoms with Gasteiger partial charge in [-0.25, -0.2) is 12.8 Å². The van der Waals surface area contributed by atoms with E-state index in [-0.39, 0.29) is 29.2 Å². The summed E-state index contributed by atoms with van der Waals surface area (Å²) in [6, 6.07) is 3.73. The zero-order valence-electron chi connectivity index (χ0n) is 12.3. The molecule has 1 atom stereocenters. The van der Waals surface area contributed by atoms with Crippen LogP contribution in [0.2, 0.25) is 0 Å². The smallest absolute Gasteiger partial charge is 0.289 e. The number of hydrogen-bond donors (Lipinski definition) is 0. The van der Waals surface area contributed by atoms with Crippen LogP contribution in [0.25, 0.3) is 11.0 Å². The average Bonchev–Trinajstić information content (AvgIpc) is 2.98. The molecule has 1 aliphatic rings. The second-order valence-electron chi connectivity index (χ2n) is 5.67. The predicted octanol–water partition coefficient (Wildman–Crippen LogP) is 2.14. The Kier molecular flexibility index (Phi) is 3.47. The molecule has 5 nitrogen and oxygen atoms in total. The van der Waals surface area contributed by atoms with Crippen molar-refractivity contribution in [2.24, 2.45) is 0 Å². The summed E-state index contributed by atoms with van der Waals surface area (Å²) in [6.07, 6.45) is 0.429. The molecule has 0 unspecified atom stereocenters. The zero-order chi connectivity index (χ0) is 16.1. The second kappa shape index (κ2) is 5.08. The van der Waals surface area contributed by atoms with Crippen molar-refractivity contribution < 1.29 is 22.0 Å². The van der Waals surface area contributed by atoms with E-state index in [0.717, 1.165) is 0 Å². The number of fused-ring (bicyclic) bond motifs is 1. The van der Waals surface area contributed by atoms with Gasteiger partial charge in [-0.3, -0.25) is 4.79 Å². The van der Waals surface area contributed by atoms with Gasteiger partial charge >= 0.3 is 0 Å². The van der Waals surface area contributed by atoms with E-state index in [1.165, 1.54) is 23.1 Å². The molecule has 0 bridgehead atoms. The maximum Gasteiger partial charge on any atom is 0.289 e. The van der Waals surface area contributed by atoms with Gasteiger partial charge in [0.1, 0.15) is 11.4 Å². The van der Waals surface area contributed by atoms with Crippen LogP contribution in [0.15, 0.2) is 22.6 Å². The largest absolute Gasteiger partial charge is 0.451 e. The van der Waals surface area contributed by atoms with Gasteiger partial charge in [0.05, 0.1) is 11.5 Å². The van der Waals surface area contributed by atoms with E-state index in [4.69, 9.17) is 4.42 Å². The lowest BCUT2D eigenvalue weighted by molar-refractivity contribution is 0.0717. The molecule has 3 rings (SSSR count). The standard InChI is InChI=1S/C15H16FNO4S/c1-9-12-7-10(16)3-4-13(12)21-14(9)15(18)17(2)11-5-6-22(19,20)8-11/h3-4,7,11H,5-6,8H2,1-2H3/t11-/m0/s1. The normalized spacial score (nSPS) is 20.4. The van der Waals surface area contributed by atoms with Crippen molar-refractivity contribution in [1.82, 2.24) is 4.90 Å². The number of amides is 1. The van der Waals surface area contributed by atoms with Gasteiger partial charge in [-0.05, 0) is 31.5 Å². The predicted molar refractivity (Wildman–Crippen MR) is 80.1 cm³/mol. The highest BCUT2D eigenvalue weighted by molar-refractivity contribution is 7.91. The molecule has 0 spiro atoms. The summed E-state index contributed by atoms with van der Waals surface area (Å²) in [5.41, 5.74) is 1.00. The summed E-state index contributed by atoms with van der Waals surface area (Å²) in [5.74, 6) is -0.572. The number of carbonyl (C=O) groups is 1. The number of halogens is 1. The van der Waals surface area contributed by atoms with Crippen LogP contribution in [0.3, 0.4) is 0 Å². The van der Waals surface area contributed by atoms with Crippen LogP contribution in [0.1, 0.15) is 22.5 Å². The number of sulfone groups is 1. The van der Waals surface area contributed by atoms with Crippen LogP contribution in [0, 0.1) is 12.7 Å². The van der Waals surface area contributed by atoms with Crippen LogP contribution in [0.5, 0.6) is 0 Å². The fourth-order valence-corrected chi connectivity index (χ4v) is 4.58. The maximum atomic E-state index is 13.3. The van der Waals surface area contributed by atoms with Gasteiger partial charge in [-0.2, -0.15) is 0 Å². The van der Waals surface area contributed by atoms with Crippen molar-refractivity contribution in [3.05, 3.63) is 35.3 Å². The van der Waals surface area contributed by atoms with Gasteiger partial charge < -0.3 is 9.32 Å². The van der Waals surface area contributed by atoms with Crippen LogP contribution in [0.4, 0.5) is 4.39 Å². The molecule has 22 heavy (non-hydrogen) atoms. The fraction of sp³-hybridized carbons (Fsp3) is 0.400. The van der Waals surface area contributed by atoms with Crippen molar-refractivity contribution in [3.8, 4) is 0 Å². The van der Waals surface area contributed by atoms with Crippen LogP contribution in [-0.2, 0) is 9.84 Å². The van der Waals surface area contributed by atoms with E-state index >= 15 is 0 Å². The highest BCUT2D eigenvalue weighted by Crippen LogP contribution is 2.28. The summed E-state index contributed by atoms with van der Waals surface area (Å²) in [7, 11) is -1.50. The third-order valence-corrected chi connectivity index (χ3v) is 5.92. The highest BCUT2D eigenvalue weighted by atomic mass is 32.2. The van der Waals surface area contributed by atoms with E-state index in [1.54, 1.807) is 14.0 Å². The molecule has 1 fully saturated rings. The minimum absolute atomic E-state index is 0.0247. The Balaban J connectivity index is 1.94. The van der Waals surface area contributed by atoms with Gasteiger partial charge in [-0.15, -0.1) is 0 Å². The van der Waals surface area contributed by atoms with Crippen molar-refractivity contribution in [2.45, 2.75) is 19.4 Å². The van der Waals surface area contributed by atoms with E-state index in [2.05, 4.69) is 0 Å². The highest BCUT2D eigenvalue weighted by Gasteiger charge is 2.34. The molecule has 0 radical (unpaired) electrons. The summed E-state index contributed by atoms with van der Waals surface area (Å²) in [6.45, 7) is 1.69. The Hall–Kier alpha value is -1.89. The topological polar surface area (TPSA) is 67.6 Å². The van der Waals surface area contributed by atoms with Crippen LogP contribution >= 0.6 is 0 Å². The van der Waals surface area contributed by atoms with Crippen molar-refractivity contribution in [1.29, 1.82) is 0 Å². The molecule has 7 heteroatoms. The fourth-order valence-electron chi connectivity index (χ4n) is 2.80. The summed E-state index contributed by atoms with van der Waals surface area (Å²) < 4.78 is 41.9. The number of nitrogens with zero attached hydrogens (tertiary/aromatic N) is 1. The molecule has 118 valence electrons.